The first-order valence-electron chi connectivity index (χ1n) is 6.36. The van der Waals surface area contributed by atoms with Crippen molar-refractivity contribution in [2.24, 2.45) is 5.92 Å². The van der Waals surface area contributed by atoms with Gasteiger partial charge in [0, 0.05) is 18.5 Å². The van der Waals surface area contributed by atoms with E-state index in [2.05, 4.69) is 27.4 Å². The van der Waals surface area contributed by atoms with E-state index in [9.17, 15) is 4.79 Å². The first-order chi connectivity index (χ1) is 9.11. The number of fused-ring (bicyclic) bond motifs is 1. The van der Waals surface area contributed by atoms with Crippen LogP contribution in [0.2, 0.25) is 0 Å². The molecular weight excluding hydrogens is 266 g/mol. The molecule has 0 aliphatic rings. The third-order valence-electron chi connectivity index (χ3n) is 3.01. The van der Waals surface area contributed by atoms with Crippen molar-refractivity contribution in [2.75, 3.05) is 17.7 Å². The molecule has 0 aromatic carbocycles. The zero-order valence-corrected chi connectivity index (χ0v) is 11.9. The molecule has 19 heavy (non-hydrogen) atoms. The van der Waals surface area contributed by atoms with E-state index in [1.54, 1.807) is 13.0 Å². The summed E-state index contributed by atoms with van der Waals surface area (Å²) in [5, 5.41) is 9.59. The maximum absolute atomic E-state index is 11.5. The molecule has 7 heteroatoms. The Morgan fingerprint density at radius 1 is 1.58 bits per heavy atom. The maximum Gasteiger partial charge on any atom is 0.349 e. The number of aryl methyl sites for hydroxylation is 1. The third-order valence-corrected chi connectivity index (χ3v) is 3.54. The van der Waals surface area contributed by atoms with E-state index in [0.29, 0.717) is 23.3 Å². The molecule has 0 amide bonds. The molecule has 104 valence electrons. The molecule has 2 rings (SSSR count). The molecule has 6 nitrogen and oxygen atoms in total. The number of halogens is 1. The van der Waals surface area contributed by atoms with E-state index in [1.807, 2.05) is 0 Å². The van der Waals surface area contributed by atoms with Gasteiger partial charge in [0.1, 0.15) is 11.6 Å². The molecule has 1 unspecified atom stereocenters. The molecule has 2 aromatic heterocycles. The number of aromatic amines is 1. The van der Waals surface area contributed by atoms with Gasteiger partial charge in [0.05, 0.1) is 0 Å². The van der Waals surface area contributed by atoms with Crippen LogP contribution in [0.25, 0.3) is 5.65 Å². The number of nitrogens with one attached hydrogen (secondary N) is 2. The molecule has 0 saturated heterocycles. The van der Waals surface area contributed by atoms with Crippen LogP contribution in [0.4, 0.5) is 5.82 Å². The highest BCUT2D eigenvalue weighted by Gasteiger charge is 2.06. The Labute approximate surface area is 116 Å². The fraction of sp³-hybridized carbons (Fsp3) is 0.583. The van der Waals surface area contributed by atoms with E-state index < -0.39 is 0 Å². The summed E-state index contributed by atoms with van der Waals surface area (Å²) in [6, 6.07) is 1.76. The van der Waals surface area contributed by atoms with E-state index >= 15 is 0 Å². The second-order valence-corrected chi connectivity index (χ2v) is 5.05. The Kier molecular flexibility index (Phi) is 4.42. The van der Waals surface area contributed by atoms with Crippen LogP contribution in [0.1, 0.15) is 25.6 Å². The van der Waals surface area contributed by atoms with Crippen molar-refractivity contribution in [1.29, 1.82) is 0 Å². The highest BCUT2D eigenvalue weighted by molar-refractivity contribution is 6.18. The van der Waals surface area contributed by atoms with Crippen molar-refractivity contribution in [3.63, 3.8) is 0 Å². The van der Waals surface area contributed by atoms with Gasteiger partial charge in [0.25, 0.3) is 0 Å². The van der Waals surface area contributed by atoms with Gasteiger partial charge in [-0.1, -0.05) is 6.92 Å². The molecule has 2 N–H and O–H groups in total. The molecule has 0 saturated carbocycles. The average Bonchev–Trinajstić information content (AvgIpc) is 2.76. The van der Waals surface area contributed by atoms with Crippen LogP contribution in [0, 0.1) is 12.8 Å². The number of hydrogen-bond donors (Lipinski definition) is 2. The van der Waals surface area contributed by atoms with Crippen LogP contribution in [0.15, 0.2) is 10.9 Å². The fourth-order valence-electron chi connectivity index (χ4n) is 1.93. The smallest absolute Gasteiger partial charge is 0.349 e. The van der Waals surface area contributed by atoms with Gasteiger partial charge in [-0.15, -0.1) is 11.6 Å². The summed E-state index contributed by atoms with van der Waals surface area (Å²) >= 11 is 5.76. The van der Waals surface area contributed by atoms with Crippen LogP contribution >= 0.6 is 11.6 Å². The van der Waals surface area contributed by atoms with Crippen molar-refractivity contribution in [1.82, 2.24) is 19.6 Å². The first-order valence-corrected chi connectivity index (χ1v) is 6.90. The van der Waals surface area contributed by atoms with Crippen molar-refractivity contribution in [3.8, 4) is 0 Å². The highest BCUT2D eigenvalue weighted by atomic mass is 35.5. The van der Waals surface area contributed by atoms with Gasteiger partial charge < -0.3 is 5.32 Å². The summed E-state index contributed by atoms with van der Waals surface area (Å²) in [5.41, 5.74) is 0.316. The zero-order chi connectivity index (χ0) is 13.8. The standard InChI is InChI=1S/C12H18ClN5O/c1-8(7-13)4-3-5-14-10-6-11-16-17-12(19)18(11)9(2)15-10/h6,8,14H,3-5,7H2,1-2H3,(H,17,19). The average molecular weight is 284 g/mol. The molecule has 0 radical (unpaired) electrons. The predicted octanol–water partition coefficient (Wildman–Crippen LogP) is 1.79. The van der Waals surface area contributed by atoms with Crippen LogP contribution in [-0.2, 0) is 0 Å². The second-order valence-electron chi connectivity index (χ2n) is 4.74. The minimum atomic E-state index is -0.262. The molecular formula is C12H18ClN5O. The second kappa shape index (κ2) is 6.06. The number of anilines is 1. The predicted molar refractivity (Wildman–Crippen MR) is 76.0 cm³/mol. The Balaban J connectivity index is 2.00. The van der Waals surface area contributed by atoms with Crippen molar-refractivity contribution < 1.29 is 0 Å². The van der Waals surface area contributed by atoms with Crippen LogP contribution < -0.4 is 11.0 Å². The normalized spacial score (nSPS) is 12.8. The highest BCUT2D eigenvalue weighted by Crippen LogP contribution is 2.10. The Morgan fingerprint density at radius 2 is 2.37 bits per heavy atom. The van der Waals surface area contributed by atoms with E-state index in [1.165, 1.54) is 4.40 Å². The van der Waals surface area contributed by atoms with Gasteiger partial charge in [0.2, 0.25) is 0 Å². The van der Waals surface area contributed by atoms with Crippen molar-refractivity contribution in [3.05, 3.63) is 22.4 Å². The van der Waals surface area contributed by atoms with E-state index in [0.717, 1.165) is 25.2 Å². The van der Waals surface area contributed by atoms with Gasteiger partial charge in [-0.25, -0.2) is 19.3 Å². The summed E-state index contributed by atoms with van der Waals surface area (Å²) in [4.78, 5) is 15.8. The number of rotatable bonds is 6. The number of H-pyrrole nitrogens is 1. The number of alkyl halides is 1. The lowest BCUT2D eigenvalue weighted by molar-refractivity contribution is 0.572. The topological polar surface area (TPSA) is 75.1 Å². The van der Waals surface area contributed by atoms with E-state index in [-0.39, 0.29) is 5.69 Å². The molecule has 0 fully saturated rings. The monoisotopic (exact) mass is 283 g/mol. The maximum atomic E-state index is 11.5. The molecule has 0 aliphatic carbocycles. The summed E-state index contributed by atoms with van der Waals surface area (Å²) in [6.45, 7) is 4.75. The SMILES string of the molecule is Cc1nc(NCCCC(C)CCl)cc2n[nH]c(=O)n12. The minimum Gasteiger partial charge on any atom is -0.370 e. The fourth-order valence-corrected chi connectivity index (χ4v) is 2.09. The van der Waals surface area contributed by atoms with Crippen molar-refractivity contribution >= 4 is 23.1 Å². The lowest BCUT2D eigenvalue weighted by atomic mass is 10.1. The largest absolute Gasteiger partial charge is 0.370 e. The lowest BCUT2D eigenvalue weighted by Crippen LogP contribution is -2.14. The summed E-state index contributed by atoms with van der Waals surface area (Å²) < 4.78 is 1.45. The number of hydrogen-bond acceptors (Lipinski definition) is 4. The van der Waals surface area contributed by atoms with Gasteiger partial charge in [-0.05, 0) is 25.7 Å². The first kappa shape index (κ1) is 13.9. The molecule has 2 aromatic rings. The van der Waals surface area contributed by atoms with Gasteiger partial charge in [-0.2, -0.15) is 5.10 Å². The Morgan fingerprint density at radius 3 is 3.11 bits per heavy atom. The molecule has 0 bridgehead atoms. The van der Waals surface area contributed by atoms with Gasteiger partial charge >= 0.3 is 5.69 Å². The summed E-state index contributed by atoms with van der Waals surface area (Å²) in [5.74, 6) is 2.58. The van der Waals surface area contributed by atoms with Crippen LogP contribution in [-0.4, -0.2) is 32.0 Å². The van der Waals surface area contributed by atoms with Gasteiger partial charge in [0.15, 0.2) is 5.65 Å². The molecule has 0 aliphatic heterocycles. The Bertz CT molecular complexity index is 606. The lowest BCUT2D eigenvalue weighted by Gasteiger charge is -2.09. The van der Waals surface area contributed by atoms with Crippen LogP contribution in [0.5, 0.6) is 0 Å². The molecule has 0 spiro atoms. The molecule has 2 heterocycles. The Hall–Kier alpha value is -1.56. The summed E-state index contributed by atoms with van der Waals surface area (Å²) in [7, 11) is 0. The van der Waals surface area contributed by atoms with Crippen molar-refractivity contribution in [2.45, 2.75) is 26.7 Å². The van der Waals surface area contributed by atoms with Gasteiger partial charge in [-0.3, -0.25) is 0 Å². The quantitative estimate of drug-likeness (QED) is 0.626. The zero-order valence-electron chi connectivity index (χ0n) is 11.1. The van der Waals surface area contributed by atoms with Crippen LogP contribution in [0.3, 0.4) is 0 Å². The third kappa shape index (κ3) is 3.26. The summed E-state index contributed by atoms with van der Waals surface area (Å²) in [6.07, 6.45) is 2.12. The van der Waals surface area contributed by atoms with E-state index in [4.69, 9.17) is 11.6 Å². The number of nitrogens with zero attached hydrogens (tertiary/aromatic N) is 3. The molecule has 1 atom stereocenters. The number of aromatic nitrogens is 4. The minimum absolute atomic E-state index is 0.262.